The second kappa shape index (κ2) is 4.51. The fourth-order valence-corrected chi connectivity index (χ4v) is 2.88. The molecule has 1 aromatic heterocycles. The number of benzene rings is 1. The monoisotopic (exact) mass is 230 g/mol. The highest BCUT2D eigenvalue weighted by Gasteiger charge is 2.17. The summed E-state index contributed by atoms with van der Waals surface area (Å²) in [4.78, 5) is 0. The van der Waals surface area contributed by atoms with Gasteiger partial charge in [-0.3, -0.25) is 0 Å². The highest BCUT2D eigenvalue weighted by Crippen LogP contribution is 2.27. The number of fused-ring (bicyclic) bond motifs is 3. The van der Waals surface area contributed by atoms with Crippen molar-refractivity contribution in [1.29, 1.82) is 0 Å². The highest BCUT2D eigenvalue weighted by atomic mass is 16.2. The standard InChI is InChI=1S/C14H18N2O/c17-10-6-12-11-3-1-2-4-13(11)16-9-8-15-7-5-14(12)16/h1-4,15,17H,5-10H2. The zero-order chi connectivity index (χ0) is 11.7. The first-order valence-corrected chi connectivity index (χ1v) is 6.32. The van der Waals surface area contributed by atoms with Crippen LogP contribution in [0.4, 0.5) is 0 Å². The Morgan fingerprint density at radius 1 is 1.24 bits per heavy atom. The molecule has 2 heterocycles. The van der Waals surface area contributed by atoms with Crippen LogP contribution in [0.2, 0.25) is 0 Å². The summed E-state index contributed by atoms with van der Waals surface area (Å²) < 4.78 is 2.42. The van der Waals surface area contributed by atoms with Crippen LogP contribution in [-0.2, 0) is 19.4 Å². The fourth-order valence-electron chi connectivity index (χ4n) is 2.88. The van der Waals surface area contributed by atoms with Gasteiger partial charge in [0.25, 0.3) is 0 Å². The van der Waals surface area contributed by atoms with Gasteiger partial charge in [0.2, 0.25) is 0 Å². The molecule has 0 spiro atoms. The van der Waals surface area contributed by atoms with Gasteiger partial charge in [-0.15, -0.1) is 0 Å². The van der Waals surface area contributed by atoms with E-state index in [1.807, 2.05) is 0 Å². The second-order valence-electron chi connectivity index (χ2n) is 4.57. The minimum Gasteiger partial charge on any atom is -0.396 e. The number of rotatable bonds is 2. The van der Waals surface area contributed by atoms with E-state index >= 15 is 0 Å². The molecule has 0 unspecified atom stereocenters. The first kappa shape index (κ1) is 10.8. The molecule has 2 aromatic rings. The van der Waals surface area contributed by atoms with Crippen LogP contribution in [0.15, 0.2) is 24.3 Å². The average Bonchev–Trinajstić information content (AvgIpc) is 2.55. The van der Waals surface area contributed by atoms with Gasteiger partial charge in [-0.05, 0) is 18.1 Å². The summed E-state index contributed by atoms with van der Waals surface area (Å²) >= 11 is 0. The van der Waals surface area contributed by atoms with Crippen molar-refractivity contribution >= 4 is 10.9 Å². The predicted octanol–water partition coefficient (Wildman–Crippen LogP) is 1.32. The Hall–Kier alpha value is -1.32. The molecule has 0 saturated heterocycles. The molecule has 1 aliphatic rings. The molecular formula is C14H18N2O. The summed E-state index contributed by atoms with van der Waals surface area (Å²) in [6.07, 6.45) is 1.83. The van der Waals surface area contributed by atoms with E-state index in [1.165, 1.54) is 22.2 Å². The number of para-hydroxylation sites is 1. The maximum Gasteiger partial charge on any atom is 0.0485 e. The number of nitrogens with one attached hydrogen (secondary N) is 1. The Labute approximate surface area is 101 Å². The molecule has 1 aromatic carbocycles. The SMILES string of the molecule is OCCc1c2n(c3ccccc13)CCNCC2. The fraction of sp³-hybridized carbons (Fsp3) is 0.429. The molecule has 2 N–H and O–H groups in total. The van der Waals surface area contributed by atoms with E-state index in [1.54, 1.807) is 0 Å². The van der Waals surface area contributed by atoms with E-state index in [0.717, 1.165) is 32.5 Å². The Morgan fingerprint density at radius 2 is 2.12 bits per heavy atom. The zero-order valence-corrected chi connectivity index (χ0v) is 9.95. The summed E-state index contributed by atoms with van der Waals surface area (Å²) in [5.74, 6) is 0. The molecule has 0 atom stereocenters. The van der Waals surface area contributed by atoms with Crippen LogP contribution in [0, 0.1) is 0 Å². The topological polar surface area (TPSA) is 37.2 Å². The Bertz CT molecular complexity index is 515. The molecule has 0 bridgehead atoms. The van der Waals surface area contributed by atoms with Crippen molar-refractivity contribution in [3.63, 3.8) is 0 Å². The Kier molecular flexibility index (Phi) is 2.87. The van der Waals surface area contributed by atoms with Crippen LogP contribution in [0.25, 0.3) is 10.9 Å². The summed E-state index contributed by atoms with van der Waals surface area (Å²) in [5, 5.41) is 14.0. The molecule has 1 aliphatic heterocycles. The maximum absolute atomic E-state index is 9.24. The van der Waals surface area contributed by atoms with Crippen LogP contribution < -0.4 is 5.32 Å². The van der Waals surface area contributed by atoms with Crippen LogP contribution in [-0.4, -0.2) is 29.4 Å². The third-order valence-corrected chi connectivity index (χ3v) is 3.61. The van der Waals surface area contributed by atoms with Gasteiger partial charge in [0.05, 0.1) is 0 Å². The van der Waals surface area contributed by atoms with Gasteiger partial charge in [0, 0.05) is 49.3 Å². The lowest BCUT2D eigenvalue weighted by Crippen LogP contribution is -2.17. The summed E-state index contributed by atoms with van der Waals surface area (Å²) in [6, 6.07) is 8.54. The first-order chi connectivity index (χ1) is 8.42. The van der Waals surface area contributed by atoms with Crippen molar-refractivity contribution in [2.45, 2.75) is 19.4 Å². The van der Waals surface area contributed by atoms with E-state index in [2.05, 4.69) is 34.1 Å². The number of aliphatic hydroxyl groups is 1. The maximum atomic E-state index is 9.24. The lowest BCUT2D eigenvalue weighted by molar-refractivity contribution is 0.299. The smallest absolute Gasteiger partial charge is 0.0485 e. The highest BCUT2D eigenvalue weighted by molar-refractivity contribution is 5.85. The Balaban J connectivity index is 2.24. The summed E-state index contributed by atoms with van der Waals surface area (Å²) in [7, 11) is 0. The number of nitrogens with zero attached hydrogens (tertiary/aromatic N) is 1. The largest absolute Gasteiger partial charge is 0.396 e. The van der Waals surface area contributed by atoms with Gasteiger partial charge < -0.3 is 15.0 Å². The van der Waals surface area contributed by atoms with Gasteiger partial charge in [-0.1, -0.05) is 18.2 Å². The molecule has 3 nitrogen and oxygen atoms in total. The molecular weight excluding hydrogens is 212 g/mol. The molecule has 3 heteroatoms. The predicted molar refractivity (Wildman–Crippen MR) is 69.3 cm³/mol. The lowest BCUT2D eigenvalue weighted by atomic mass is 10.1. The Morgan fingerprint density at radius 3 is 3.00 bits per heavy atom. The van der Waals surface area contributed by atoms with Crippen molar-refractivity contribution < 1.29 is 5.11 Å². The lowest BCUT2D eigenvalue weighted by Gasteiger charge is -2.06. The van der Waals surface area contributed by atoms with Gasteiger partial charge in [0.15, 0.2) is 0 Å². The molecule has 0 amide bonds. The quantitative estimate of drug-likeness (QED) is 0.816. The van der Waals surface area contributed by atoms with Gasteiger partial charge in [-0.25, -0.2) is 0 Å². The van der Waals surface area contributed by atoms with Crippen molar-refractivity contribution in [2.24, 2.45) is 0 Å². The normalized spacial score (nSPS) is 15.8. The van der Waals surface area contributed by atoms with Crippen LogP contribution in [0.5, 0.6) is 0 Å². The third-order valence-electron chi connectivity index (χ3n) is 3.61. The molecule has 17 heavy (non-hydrogen) atoms. The third kappa shape index (κ3) is 1.75. The average molecular weight is 230 g/mol. The molecule has 3 rings (SSSR count). The van der Waals surface area contributed by atoms with E-state index in [9.17, 15) is 5.11 Å². The van der Waals surface area contributed by atoms with Gasteiger partial charge in [0.1, 0.15) is 0 Å². The zero-order valence-electron chi connectivity index (χ0n) is 9.95. The van der Waals surface area contributed by atoms with Gasteiger partial charge in [-0.2, -0.15) is 0 Å². The van der Waals surface area contributed by atoms with Crippen LogP contribution >= 0.6 is 0 Å². The minimum absolute atomic E-state index is 0.231. The van der Waals surface area contributed by atoms with E-state index in [0.29, 0.717) is 0 Å². The molecule has 0 radical (unpaired) electrons. The summed E-state index contributed by atoms with van der Waals surface area (Å²) in [6.45, 7) is 3.33. The van der Waals surface area contributed by atoms with Crippen molar-refractivity contribution in [2.75, 3.05) is 19.7 Å². The van der Waals surface area contributed by atoms with Crippen molar-refractivity contribution in [3.05, 3.63) is 35.5 Å². The van der Waals surface area contributed by atoms with Gasteiger partial charge >= 0.3 is 0 Å². The minimum atomic E-state index is 0.231. The number of hydrogen-bond acceptors (Lipinski definition) is 2. The van der Waals surface area contributed by atoms with E-state index in [-0.39, 0.29) is 6.61 Å². The van der Waals surface area contributed by atoms with Crippen LogP contribution in [0.1, 0.15) is 11.3 Å². The van der Waals surface area contributed by atoms with Crippen LogP contribution in [0.3, 0.4) is 0 Å². The molecule has 90 valence electrons. The van der Waals surface area contributed by atoms with Crippen molar-refractivity contribution in [3.8, 4) is 0 Å². The first-order valence-electron chi connectivity index (χ1n) is 6.32. The number of aliphatic hydroxyl groups excluding tert-OH is 1. The molecule has 0 aliphatic carbocycles. The molecule has 0 fully saturated rings. The van der Waals surface area contributed by atoms with E-state index < -0.39 is 0 Å². The second-order valence-corrected chi connectivity index (χ2v) is 4.57. The van der Waals surface area contributed by atoms with E-state index in [4.69, 9.17) is 0 Å². The summed E-state index contributed by atoms with van der Waals surface area (Å²) in [5.41, 5.74) is 4.06. The van der Waals surface area contributed by atoms with Crippen molar-refractivity contribution in [1.82, 2.24) is 9.88 Å². The molecule has 0 saturated carbocycles. The number of hydrogen-bond donors (Lipinski definition) is 2. The number of aromatic nitrogens is 1.